The topological polar surface area (TPSA) is 60.8 Å². The van der Waals surface area contributed by atoms with E-state index in [4.69, 9.17) is 10.2 Å². The highest BCUT2D eigenvalue weighted by Gasteiger charge is 2.32. The van der Waals surface area contributed by atoms with Gasteiger partial charge in [0.2, 0.25) is 0 Å². The van der Waals surface area contributed by atoms with Gasteiger partial charge in [0.15, 0.2) is 0 Å². The van der Waals surface area contributed by atoms with Gasteiger partial charge in [-0.05, 0) is 12.8 Å². The molecule has 0 aliphatic carbocycles. The second kappa shape index (κ2) is 3.69. The molecule has 64 valence electrons. The Morgan fingerprint density at radius 3 is 2.73 bits per heavy atom. The van der Waals surface area contributed by atoms with E-state index in [1.807, 2.05) is 4.90 Å². The molecule has 11 heavy (non-hydrogen) atoms. The molecule has 1 aliphatic heterocycles. The molecule has 2 N–H and O–H groups in total. The van der Waals surface area contributed by atoms with Crippen molar-refractivity contribution >= 4 is 5.97 Å². The van der Waals surface area contributed by atoms with Crippen LogP contribution in [0.2, 0.25) is 0 Å². The lowest BCUT2D eigenvalue weighted by Crippen LogP contribution is -2.52. The highest BCUT2D eigenvalue weighted by atomic mass is 16.4. The molecule has 0 saturated carbocycles. The van der Waals surface area contributed by atoms with Crippen LogP contribution in [0.3, 0.4) is 0 Å². The molecule has 0 aromatic rings. The minimum Gasteiger partial charge on any atom is -0.480 e. The average Bonchev–Trinajstić information content (AvgIpc) is 1.84. The zero-order valence-electron chi connectivity index (χ0n) is 6.36. The van der Waals surface area contributed by atoms with E-state index >= 15 is 0 Å². The molecule has 1 unspecified atom stereocenters. The second-order valence-corrected chi connectivity index (χ2v) is 2.76. The Hall–Kier alpha value is -0.610. The van der Waals surface area contributed by atoms with Crippen molar-refractivity contribution in [2.45, 2.75) is 18.9 Å². The molecule has 4 nitrogen and oxygen atoms in total. The third kappa shape index (κ3) is 1.91. The fourth-order valence-corrected chi connectivity index (χ4v) is 1.26. The summed E-state index contributed by atoms with van der Waals surface area (Å²) < 4.78 is 0. The molecule has 0 aromatic carbocycles. The molecule has 1 saturated heterocycles. The van der Waals surface area contributed by atoms with Gasteiger partial charge in [0, 0.05) is 19.7 Å². The molecular weight excluding hydrogens is 146 g/mol. The van der Waals surface area contributed by atoms with Gasteiger partial charge >= 0.3 is 5.97 Å². The number of hydrogen-bond donors (Lipinski definition) is 2. The van der Waals surface area contributed by atoms with Crippen LogP contribution < -0.4 is 0 Å². The summed E-state index contributed by atoms with van der Waals surface area (Å²) in [5.74, 6) is -0.741. The van der Waals surface area contributed by atoms with Crippen molar-refractivity contribution in [3.63, 3.8) is 0 Å². The Balaban J connectivity index is 2.20. The average molecular weight is 159 g/mol. The Bertz CT molecular complexity index is 149. The molecule has 1 rings (SSSR count). The van der Waals surface area contributed by atoms with Crippen molar-refractivity contribution in [1.29, 1.82) is 0 Å². The molecule has 0 amide bonds. The number of aliphatic carboxylic acids is 1. The molecule has 0 bridgehead atoms. The zero-order valence-corrected chi connectivity index (χ0v) is 6.36. The number of carbonyl (C=O) groups is 1. The summed E-state index contributed by atoms with van der Waals surface area (Å²) >= 11 is 0. The second-order valence-electron chi connectivity index (χ2n) is 2.76. The fourth-order valence-electron chi connectivity index (χ4n) is 1.26. The maximum Gasteiger partial charge on any atom is 0.320 e. The summed E-state index contributed by atoms with van der Waals surface area (Å²) in [7, 11) is 0. The Labute approximate surface area is 65.4 Å². The van der Waals surface area contributed by atoms with Gasteiger partial charge in [-0.2, -0.15) is 0 Å². The molecule has 1 heterocycles. The van der Waals surface area contributed by atoms with E-state index in [9.17, 15) is 4.79 Å². The minimum absolute atomic E-state index is 0.142. The van der Waals surface area contributed by atoms with Crippen molar-refractivity contribution in [3.8, 4) is 0 Å². The molecule has 0 radical (unpaired) electrons. The van der Waals surface area contributed by atoms with Crippen molar-refractivity contribution < 1.29 is 15.0 Å². The highest BCUT2D eigenvalue weighted by Crippen LogP contribution is 2.16. The quantitative estimate of drug-likeness (QED) is 0.582. The standard InChI is InChI=1S/C7H13NO3/c9-5-1-3-8-4-2-6(8)7(10)11/h6,9H,1-5H2,(H,10,11). The van der Waals surface area contributed by atoms with E-state index in [-0.39, 0.29) is 12.6 Å². The first kappa shape index (κ1) is 8.49. The first-order valence-electron chi connectivity index (χ1n) is 3.83. The lowest BCUT2D eigenvalue weighted by atomic mass is 10.0. The summed E-state index contributed by atoms with van der Waals surface area (Å²) in [6.45, 7) is 1.70. The predicted molar refractivity (Wildman–Crippen MR) is 39.3 cm³/mol. The first-order chi connectivity index (χ1) is 5.25. The van der Waals surface area contributed by atoms with Crippen LogP contribution >= 0.6 is 0 Å². The number of aliphatic hydroxyl groups excluding tert-OH is 1. The van der Waals surface area contributed by atoms with Crippen LogP contribution in [-0.2, 0) is 4.79 Å². The van der Waals surface area contributed by atoms with E-state index in [0.717, 1.165) is 13.0 Å². The van der Waals surface area contributed by atoms with Gasteiger partial charge in [-0.25, -0.2) is 0 Å². The molecule has 1 fully saturated rings. The maximum atomic E-state index is 10.5. The van der Waals surface area contributed by atoms with Crippen molar-refractivity contribution in [2.24, 2.45) is 0 Å². The lowest BCUT2D eigenvalue weighted by molar-refractivity contribution is -0.148. The van der Waals surface area contributed by atoms with Crippen molar-refractivity contribution in [3.05, 3.63) is 0 Å². The van der Waals surface area contributed by atoms with Gasteiger partial charge in [-0.15, -0.1) is 0 Å². The van der Waals surface area contributed by atoms with Gasteiger partial charge in [0.05, 0.1) is 0 Å². The summed E-state index contributed by atoms with van der Waals surface area (Å²) in [6, 6.07) is -0.290. The normalized spacial score (nSPS) is 24.6. The number of hydrogen-bond acceptors (Lipinski definition) is 3. The van der Waals surface area contributed by atoms with E-state index in [2.05, 4.69) is 0 Å². The third-order valence-electron chi connectivity index (χ3n) is 2.02. The van der Waals surface area contributed by atoms with Crippen LogP contribution in [-0.4, -0.2) is 46.8 Å². The number of likely N-dealkylation sites (tertiary alicyclic amines) is 1. The predicted octanol–water partition coefficient (Wildman–Crippen LogP) is -0.472. The SMILES string of the molecule is O=C(O)C1CCN1CCCO. The number of aliphatic hydroxyl groups is 1. The van der Waals surface area contributed by atoms with E-state index in [1.54, 1.807) is 0 Å². The van der Waals surface area contributed by atoms with Crippen molar-refractivity contribution in [1.82, 2.24) is 4.90 Å². The van der Waals surface area contributed by atoms with E-state index < -0.39 is 5.97 Å². The molecule has 1 atom stereocenters. The third-order valence-corrected chi connectivity index (χ3v) is 2.02. The first-order valence-corrected chi connectivity index (χ1v) is 3.83. The number of carboxylic acids is 1. The molecule has 0 spiro atoms. The van der Waals surface area contributed by atoms with Crippen LogP contribution in [0.25, 0.3) is 0 Å². The van der Waals surface area contributed by atoms with Gasteiger partial charge < -0.3 is 10.2 Å². The fraction of sp³-hybridized carbons (Fsp3) is 0.857. The smallest absolute Gasteiger partial charge is 0.320 e. The van der Waals surface area contributed by atoms with Crippen LogP contribution in [0.5, 0.6) is 0 Å². The van der Waals surface area contributed by atoms with Crippen LogP contribution in [0, 0.1) is 0 Å². The van der Waals surface area contributed by atoms with Gasteiger partial charge in [0.25, 0.3) is 0 Å². The van der Waals surface area contributed by atoms with Crippen LogP contribution in [0.4, 0.5) is 0 Å². The molecule has 1 aliphatic rings. The number of rotatable bonds is 4. The Morgan fingerprint density at radius 1 is 1.64 bits per heavy atom. The van der Waals surface area contributed by atoms with Gasteiger partial charge in [0.1, 0.15) is 6.04 Å². The van der Waals surface area contributed by atoms with E-state index in [1.165, 1.54) is 0 Å². The van der Waals surface area contributed by atoms with Crippen LogP contribution in [0.1, 0.15) is 12.8 Å². The monoisotopic (exact) mass is 159 g/mol. The zero-order chi connectivity index (χ0) is 8.27. The Morgan fingerprint density at radius 2 is 2.36 bits per heavy atom. The maximum absolute atomic E-state index is 10.5. The lowest BCUT2D eigenvalue weighted by Gasteiger charge is -2.37. The van der Waals surface area contributed by atoms with Crippen molar-refractivity contribution in [2.75, 3.05) is 19.7 Å². The van der Waals surface area contributed by atoms with E-state index in [0.29, 0.717) is 13.0 Å². The molecule has 4 heteroatoms. The molecule has 0 aromatic heterocycles. The van der Waals surface area contributed by atoms with Gasteiger partial charge in [-0.3, -0.25) is 9.69 Å². The Kier molecular flexibility index (Phi) is 2.84. The highest BCUT2D eigenvalue weighted by molar-refractivity contribution is 5.74. The van der Waals surface area contributed by atoms with Gasteiger partial charge in [-0.1, -0.05) is 0 Å². The molecular formula is C7H13NO3. The summed E-state index contributed by atoms with van der Waals surface area (Å²) in [4.78, 5) is 12.3. The largest absolute Gasteiger partial charge is 0.480 e. The van der Waals surface area contributed by atoms with Crippen LogP contribution in [0.15, 0.2) is 0 Å². The summed E-state index contributed by atoms with van der Waals surface area (Å²) in [5, 5.41) is 17.1. The number of carboxylic acid groups (broad SMARTS) is 1. The summed E-state index contributed by atoms with van der Waals surface area (Å²) in [5.41, 5.74) is 0. The minimum atomic E-state index is -0.741. The summed E-state index contributed by atoms with van der Waals surface area (Å²) in [6.07, 6.45) is 1.42. The number of nitrogens with zero attached hydrogens (tertiary/aromatic N) is 1.